The molecule has 0 saturated carbocycles. The molecule has 12 heteroatoms. The molecule has 1 aromatic carbocycles. The van der Waals surface area contributed by atoms with E-state index in [9.17, 15) is 18.7 Å². The van der Waals surface area contributed by atoms with Crippen LogP contribution in [0.15, 0.2) is 42.6 Å². The van der Waals surface area contributed by atoms with Gasteiger partial charge in [0.2, 0.25) is 0 Å². The molecule has 3 heterocycles. The molecule has 1 aliphatic rings. The van der Waals surface area contributed by atoms with E-state index in [0.717, 1.165) is 0 Å². The van der Waals surface area contributed by atoms with Crippen LogP contribution >= 0.6 is 11.6 Å². The molecule has 2 aromatic heterocycles. The van der Waals surface area contributed by atoms with E-state index in [1.165, 1.54) is 24.3 Å². The number of aromatic amines is 1. The van der Waals surface area contributed by atoms with Gasteiger partial charge >= 0.3 is 5.57 Å². The molecular weight excluding hydrogens is 446 g/mol. The SMILES string of the molecule is Nc1nc(N2CCC(O)C2)c(-c2ccn[nH]2)cc1C(=O)Nc1ccc(OC(F)(F)Cl)cc1. The van der Waals surface area contributed by atoms with Crippen LogP contribution in [0.5, 0.6) is 5.75 Å². The first-order valence-electron chi connectivity index (χ1n) is 9.60. The monoisotopic (exact) mass is 464 g/mol. The number of ether oxygens (including phenoxy) is 1. The normalized spacial score (nSPS) is 16.2. The Morgan fingerprint density at radius 1 is 1.34 bits per heavy atom. The molecule has 3 aromatic rings. The highest BCUT2D eigenvalue weighted by molar-refractivity contribution is 6.20. The van der Waals surface area contributed by atoms with E-state index in [4.69, 9.17) is 17.3 Å². The van der Waals surface area contributed by atoms with Gasteiger partial charge in [0.15, 0.2) is 0 Å². The van der Waals surface area contributed by atoms with Crippen LogP contribution in [0.25, 0.3) is 11.3 Å². The summed E-state index contributed by atoms with van der Waals surface area (Å²) in [6.45, 7) is 0.991. The topological polar surface area (TPSA) is 129 Å². The minimum absolute atomic E-state index is 0.00360. The predicted molar refractivity (Wildman–Crippen MR) is 115 cm³/mol. The van der Waals surface area contributed by atoms with Gasteiger partial charge in [-0.25, -0.2) is 4.98 Å². The summed E-state index contributed by atoms with van der Waals surface area (Å²) >= 11 is 4.74. The fourth-order valence-corrected chi connectivity index (χ4v) is 3.51. The van der Waals surface area contributed by atoms with Gasteiger partial charge in [0.05, 0.1) is 17.4 Å². The van der Waals surface area contributed by atoms with Crippen molar-refractivity contribution in [2.75, 3.05) is 29.0 Å². The second kappa shape index (κ2) is 8.60. The number of aliphatic hydroxyl groups is 1. The number of hydrogen-bond acceptors (Lipinski definition) is 7. The minimum Gasteiger partial charge on any atom is -0.420 e. The lowest BCUT2D eigenvalue weighted by Gasteiger charge is -2.21. The summed E-state index contributed by atoms with van der Waals surface area (Å²) in [5.41, 5.74) is 3.93. The molecule has 0 spiro atoms. The molecule has 0 aliphatic carbocycles. The summed E-state index contributed by atoms with van der Waals surface area (Å²) in [5, 5.41) is 19.3. The van der Waals surface area contributed by atoms with Crippen LogP contribution in [0.3, 0.4) is 0 Å². The third-order valence-electron chi connectivity index (χ3n) is 4.88. The summed E-state index contributed by atoms with van der Waals surface area (Å²) in [4.78, 5) is 19.2. The number of H-pyrrole nitrogens is 1. The number of carbonyl (C=O) groups excluding carboxylic acids is 1. The van der Waals surface area contributed by atoms with Crippen molar-refractivity contribution in [2.24, 2.45) is 0 Å². The maximum absolute atomic E-state index is 12.9. The zero-order valence-corrected chi connectivity index (χ0v) is 17.3. The molecule has 0 bridgehead atoms. The van der Waals surface area contributed by atoms with E-state index in [-0.39, 0.29) is 17.1 Å². The van der Waals surface area contributed by atoms with Gasteiger partial charge in [-0.15, -0.1) is 8.78 Å². The first-order valence-corrected chi connectivity index (χ1v) is 9.98. The summed E-state index contributed by atoms with van der Waals surface area (Å²) in [5.74, 6) is -0.171. The first-order chi connectivity index (χ1) is 15.2. The number of anilines is 3. The molecule has 1 atom stereocenters. The number of aliphatic hydroxyl groups excluding tert-OH is 1. The zero-order valence-electron chi connectivity index (χ0n) is 16.6. The number of β-amino-alcohol motifs (C(OH)–C–C–N with tert-alkyl or cyclic N) is 1. The van der Waals surface area contributed by atoms with Crippen molar-refractivity contribution in [3.05, 3.63) is 48.2 Å². The van der Waals surface area contributed by atoms with Gasteiger partial charge in [-0.3, -0.25) is 9.89 Å². The summed E-state index contributed by atoms with van der Waals surface area (Å²) in [6.07, 6.45) is 1.70. The maximum atomic E-state index is 12.9. The van der Waals surface area contributed by atoms with Crippen LogP contribution in [0.2, 0.25) is 0 Å². The highest BCUT2D eigenvalue weighted by Gasteiger charge is 2.28. The van der Waals surface area contributed by atoms with E-state index < -0.39 is 17.6 Å². The van der Waals surface area contributed by atoms with Crippen LogP contribution in [0, 0.1) is 0 Å². The Morgan fingerprint density at radius 3 is 2.69 bits per heavy atom. The van der Waals surface area contributed by atoms with Gasteiger partial charge in [-0.05, 0) is 42.8 Å². The van der Waals surface area contributed by atoms with Crippen LogP contribution in [-0.2, 0) is 0 Å². The second-order valence-corrected chi connectivity index (χ2v) is 7.62. The number of nitrogens with one attached hydrogen (secondary N) is 2. The molecule has 1 fully saturated rings. The van der Waals surface area contributed by atoms with E-state index in [0.29, 0.717) is 42.3 Å². The molecule has 1 unspecified atom stereocenters. The number of pyridine rings is 1. The Morgan fingerprint density at radius 2 is 2.09 bits per heavy atom. The third-order valence-corrected chi connectivity index (χ3v) is 4.95. The van der Waals surface area contributed by atoms with Crippen molar-refractivity contribution < 1.29 is 23.4 Å². The second-order valence-electron chi connectivity index (χ2n) is 7.18. The Labute approximate surface area is 186 Å². The molecule has 32 heavy (non-hydrogen) atoms. The van der Waals surface area contributed by atoms with Crippen molar-refractivity contribution >= 4 is 34.8 Å². The van der Waals surface area contributed by atoms with Gasteiger partial charge in [0, 0.05) is 42.1 Å². The van der Waals surface area contributed by atoms with Crippen molar-refractivity contribution in [1.29, 1.82) is 0 Å². The zero-order chi connectivity index (χ0) is 22.9. The van der Waals surface area contributed by atoms with Gasteiger partial charge in [0.25, 0.3) is 5.91 Å². The Bertz CT molecular complexity index is 1110. The molecule has 0 radical (unpaired) electrons. The third kappa shape index (κ3) is 4.89. The van der Waals surface area contributed by atoms with Gasteiger partial charge < -0.3 is 25.8 Å². The number of halogens is 3. The van der Waals surface area contributed by atoms with E-state index in [2.05, 4.69) is 25.2 Å². The molecule has 4 rings (SSSR count). The first kappa shape index (κ1) is 21.8. The van der Waals surface area contributed by atoms with Crippen LogP contribution in [-0.4, -0.2) is 51.0 Å². The maximum Gasteiger partial charge on any atom is 0.487 e. The number of rotatable bonds is 6. The Balaban J connectivity index is 1.60. The quantitative estimate of drug-likeness (QED) is 0.412. The number of alkyl halides is 3. The molecular formula is C20H19ClF2N6O3. The molecule has 168 valence electrons. The standard InChI is InChI=1S/C20H19ClF2N6O3/c21-20(22,23)32-13-3-1-11(2-4-13)26-19(31)15-9-14(16-5-7-25-28-16)18(27-17(15)24)29-8-6-12(30)10-29/h1-5,7,9,12,30H,6,8,10H2,(H2,24,27)(H,25,28)(H,26,31). The largest absolute Gasteiger partial charge is 0.487 e. The van der Waals surface area contributed by atoms with Crippen LogP contribution < -0.4 is 20.7 Å². The van der Waals surface area contributed by atoms with E-state index in [1.807, 2.05) is 4.90 Å². The smallest absolute Gasteiger partial charge is 0.420 e. The molecule has 1 aliphatic heterocycles. The number of aromatic nitrogens is 3. The average Bonchev–Trinajstić information content (AvgIpc) is 3.40. The fraction of sp³-hybridized carbons (Fsp3) is 0.250. The number of nitrogens with zero attached hydrogens (tertiary/aromatic N) is 3. The molecule has 1 saturated heterocycles. The highest BCUT2D eigenvalue weighted by atomic mass is 35.5. The lowest BCUT2D eigenvalue weighted by atomic mass is 10.1. The number of nitrogen functional groups attached to an aromatic ring is 1. The molecule has 5 N–H and O–H groups in total. The Hall–Kier alpha value is -3.44. The van der Waals surface area contributed by atoms with Crippen LogP contribution in [0.4, 0.5) is 26.1 Å². The number of carbonyl (C=O) groups is 1. The highest BCUT2D eigenvalue weighted by Crippen LogP contribution is 2.33. The van der Waals surface area contributed by atoms with Gasteiger partial charge in [-0.2, -0.15) is 5.10 Å². The number of amides is 1. The van der Waals surface area contributed by atoms with Gasteiger partial charge in [-0.1, -0.05) is 0 Å². The molecule has 9 nitrogen and oxygen atoms in total. The predicted octanol–water partition coefficient (Wildman–Crippen LogP) is 3.05. The van der Waals surface area contributed by atoms with E-state index in [1.54, 1.807) is 18.3 Å². The van der Waals surface area contributed by atoms with Crippen molar-refractivity contribution in [3.8, 4) is 17.0 Å². The Kier molecular flexibility index (Phi) is 5.85. The number of nitrogens with two attached hydrogens (primary N) is 1. The van der Waals surface area contributed by atoms with E-state index >= 15 is 0 Å². The number of hydrogen-bond donors (Lipinski definition) is 4. The van der Waals surface area contributed by atoms with Crippen molar-refractivity contribution in [1.82, 2.24) is 15.2 Å². The minimum atomic E-state index is -3.83. The summed E-state index contributed by atoms with van der Waals surface area (Å²) < 4.78 is 29.7. The van der Waals surface area contributed by atoms with Crippen molar-refractivity contribution in [3.63, 3.8) is 0 Å². The summed E-state index contributed by atoms with van der Waals surface area (Å²) in [7, 11) is 0. The number of benzene rings is 1. The van der Waals surface area contributed by atoms with Crippen LogP contribution in [0.1, 0.15) is 16.8 Å². The molecule has 1 amide bonds. The van der Waals surface area contributed by atoms with Gasteiger partial charge in [0.1, 0.15) is 17.4 Å². The lowest BCUT2D eigenvalue weighted by Crippen LogP contribution is -2.24. The summed E-state index contributed by atoms with van der Waals surface area (Å²) in [6, 6.07) is 8.58. The average molecular weight is 465 g/mol. The lowest BCUT2D eigenvalue weighted by molar-refractivity contribution is -0.0964. The van der Waals surface area contributed by atoms with Crippen molar-refractivity contribution in [2.45, 2.75) is 18.1 Å². The fourth-order valence-electron chi connectivity index (χ4n) is 3.42.